The standard InChI is InChI=1S/C15H18N4O2S/c20-13-12(5-4-6-16-13)14(21)18-15-17-11(10-22-15)9-19-7-2-1-3-8-19/h4-6,10H,1-3,7-9H2,(H,16,20)(H,17,18,21). The monoisotopic (exact) mass is 318 g/mol. The van der Waals surface area contributed by atoms with E-state index in [4.69, 9.17) is 0 Å². The lowest BCUT2D eigenvalue weighted by molar-refractivity contribution is 0.102. The number of likely N-dealkylation sites (tertiary alicyclic amines) is 1. The molecule has 1 aliphatic rings. The Hall–Kier alpha value is -1.99. The number of piperidine rings is 1. The van der Waals surface area contributed by atoms with Crippen molar-refractivity contribution in [2.24, 2.45) is 0 Å². The van der Waals surface area contributed by atoms with Gasteiger partial charge in [0, 0.05) is 18.1 Å². The van der Waals surface area contributed by atoms with Crippen molar-refractivity contribution in [1.82, 2.24) is 14.9 Å². The highest BCUT2D eigenvalue weighted by atomic mass is 32.1. The SMILES string of the molecule is O=C(Nc1nc(CN2CCCCC2)cs1)c1ccc[nH]c1=O. The molecule has 2 aromatic heterocycles. The normalized spacial score (nSPS) is 15.6. The number of anilines is 1. The van der Waals surface area contributed by atoms with Crippen LogP contribution in [-0.2, 0) is 6.54 Å². The number of rotatable bonds is 4. The quantitative estimate of drug-likeness (QED) is 0.904. The van der Waals surface area contributed by atoms with Gasteiger partial charge >= 0.3 is 0 Å². The molecule has 3 rings (SSSR count). The van der Waals surface area contributed by atoms with E-state index in [-0.39, 0.29) is 5.56 Å². The number of thiazole rings is 1. The minimum atomic E-state index is -0.430. The first-order valence-electron chi connectivity index (χ1n) is 7.38. The molecule has 0 unspecified atom stereocenters. The Morgan fingerprint density at radius 1 is 1.36 bits per heavy atom. The maximum atomic E-state index is 12.1. The number of nitrogens with zero attached hydrogens (tertiary/aromatic N) is 2. The fourth-order valence-electron chi connectivity index (χ4n) is 2.55. The molecular formula is C15H18N4O2S. The minimum Gasteiger partial charge on any atom is -0.328 e. The second-order valence-electron chi connectivity index (χ2n) is 5.35. The molecule has 0 radical (unpaired) electrons. The van der Waals surface area contributed by atoms with Crippen LogP contribution in [0.15, 0.2) is 28.5 Å². The molecule has 0 bridgehead atoms. The fourth-order valence-corrected chi connectivity index (χ4v) is 3.24. The molecule has 6 nitrogen and oxygen atoms in total. The summed E-state index contributed by atoms with van der Waals surface area (Å²) in [6.07, 6.45) is 5.29. The Morgan fingerprint density at radius 2 is 2.18 bits per heavy atom. The summed E-state index contributed by atoms with van der Waals surface area (Å²) in [5, 5.41) is 5.17. The zero-order valence-corrected chi connectivity index (χ0v) is 13.0. The van der Waals surface area contributed by atoms with Gasteiger partial charge in [0.05, 0.1) is 5.69 Å². The highest BCUT2D eigenvalue weighted by Gasteiger charge is 2.14. The topological polar surface area (TPSA) is 78.1 Å². The summed E-state index contributed by atoms with van der Waals surface area (Å²) in [6.45, 7) is 3.04. The number of amides is 1. The van der Waals surface area contributed by atoms with Crippen molar-refractivity contribution in [1.29, 1.82) is 0 Å². The van der Waals surface area contributed by atoms with E-state index in [0.717, 1.165) is 25.3 Å². The van der Waals surface area contributed by atoms with Crippen molar-refractivity contribution in [3.63, 3.8) is 0 Å². The van der Waals surface area contributed by atoms with Gasteiger partial charge in [0.15, 0.2) is 5.13 Å². The Kier molecular flexibility index (Phi) is 4.65. The van der Waals surface area contributed by atoms with Crippen LogP contribution in [0.4, 0.5) is 5.13 Å². The van der Waals surface area contributed by atoms with Gasteiger partial charge in [-0.15, -0.1) is 11.3 Å². The molecule has 0 spiro atoms. The van der Waals surface area contributed by atoms with E-state index in [1.807, 2.05) is 5.38 Å². The van der Waals surface area contributed by atoms with E-state index in [1.54, 1.807) is 6.07 Å². The molecule has 3 heterocycles. The molecule has 0 atom stereocenters. The van der Waals surface area contributed by atoms with Gasteiger partial charge in [0.2, 0.25) is 0 Å². The maximum Gasteiger partial charge on any atom is 0.263 e. The highest BCUT2D eigenvalue weighted by Crippen LogP contribution is 2.19. The number of aromatic amines is 1. The van der Waals surface area contributed by atoms with Crippen LogP contribution in [0.2, 0.25) is 0 Å². The summed E-state index contributed by atoms with van der Waals surface area (Å²) in [6, 6.07) is 3.12. The van der Waals surface area contributed by atoms with E-state index in [2.05, 4.69) is 20.2 Å². The Bertz CT molecular complexity index is 703. The van der Waals surface area contributed by atoms with Crippen molar-refractivity contribution in [3.8, 4) is 0 Å². The molecule has 0 aliphatic carbocycles. The summed E-state index contributed by atoms with van der Waals surface area (Å²) in [5.74, 6) is -0.430. The second kappa shape index (κ2) is 6.85. The van der Waals surface area contributed by atoms with Gasteiger partial charge in [0.1, 0.15) is 5.56 Å². The molecule has 1 saturated heterocycles. The number of nitrogens with one attached hydrogen (secondary N) is 2. The van der Waals surface area contributed by atoms with Gasteiger partial charge < -0.3 is 4.98 Å². The van der Waals surface area contributed by atoms with Crippen molar-refractivity contribution in [2.45, 2.75) is 25.8 Å². The van der Waals surface area contributed by atoms with Crippen molar-refractivity contribution >= 4 is 22.4 Å². The molecule has 0 saturated carbocycles. The third kappa shape index (κ3) is 3.61. The number of hydrogen-bond donors (Lipinski definition) is 2. The molecule has 1 fully saturated rings. The molecule has 2 aromatic rings. The number of pyridine rings is 1. The van der Waals surface area contributed by atoms with Crippen LogP contribution < -0.4 is 10.9 Å². The molecule has 7 heteroatoms. The van der Waals surface area contributed by atoms with Gasteiger partial charge in [-0.25, -0.2) is 4.98 Å². The molecule has 22 heavy (non-hydrogen) atoms. The van der Waals surface area contributed by atoms with Crippen LogP contribution >= 0.6 is 11.3 Å². The first-order valence-corrected chi connectivity index (χ1v) is 8.26. The molecule has 116 valence electrons. The number of carbonyl (C=O) groups excluding carboxylic acids is 1. The van der Waals surface area contributed by atoms with Gasteiger partial charge in [-0.2, -0.15) is 0 Å². The van der Waals surface area contributed by atoms with Crippen LogP contribution in [0.5, 0.6) is 0 Å². The van der Waals surface area contributed by atoms with Crippen LogP contribution in [0.3, 0.4) is 0 Å². The summed E-state index contributed by atoms with van der Waals surface area (Å²) in [4.78, 5) is 32.9. The van der Waals surface area contributed by atoms with Gasteiger partial charge in [-0.05, 0) is 38.1 Å². The molecular weight excluding hydrogens is 300 g/mol. The first-order chi connectivity index (χ1) is 10.7. The molecule has 2 N–H and O–H groups in total. The summed E-state index contributed by atoms with van der Waals surface area (Å²) < 4.78 is 0. The molecule has 0 aromatic carbocycles. The Labute approximate surface area is 132 Å². The lowest BCUT2D eigenvalue weighted by Gasteiger charge is -2.25. The summed E-state index contributed by atoms with van der Waals surface area (Å²) in [7, 11) is 0. The second-order valence-corrected chi connectivity index (χ2v) is 6.21. The van der Waals surface area contributed by atoms with E-state index in [0.29, 0.717) is 5.13 Å². The first kappa shape index (κ1) is 14.9. The predicted molar refractivity (Wildman–Crippen MR) is 86.3 cm³/mol. The molecule has 1 aliphatic heterocycles. The predicted octanol–water partition coefficient (Wildman–Crippen LogP) is 2.07. The van der Waals surface area contributed by atoms with Crippen LogP contribution in [0.25, 0.3) is 0 Å². The van der Waals surface area contributed by atoms with Gasteiger partial charge in [-0.1, -0.05) is 6.42 Å². The van der Waals surface area contributed by atoms with E-state index >= 15 is 0 Å². The highest BCUT2D eigenvalue weighted by molar-refractivity contribution is 7.13. The lowest BCUT2D eigenvalue weighted by Crippen LogP contribution is -2.29. The Morgan fingerprint density at radius 3 is 2.95 bits per heavy atom. The van der Waals surface area contributed by atoms with Crippen molar-refractivity contribution < 1.29 is 4.79 Å². The largest absolute Gasteiger partial charge is 0.328 e. The van der Waals surface area contributed by atoms with E-state index in [9.17, 15) is 9.59 Å². The average molecular weight is 318 g/mol. The van der Waals surface area contributed by atoms with E-state index < -0.39 is 11.5 Å². The third-order valence-corrected chi connectivity index (χ3v) is 4.48. The number of carbonyl (C=O) groups is 1. The van der Waals surface area contributed by atoms with Crippen LogP contribution in [-0.4, -0.2) is 33.9 Å². The van der Waals surface area contributed by atoms with Crippen LogP contribution in [0, 0.1) is 0 Å². The number of H-pyrrole nitrogens is 1. The maximum absolute atomic E-state index is 12.1. The fraction of sp³-hybridized carbons (Fsp3) is 0.400. The smallest absolute Gasteiger partial charge is 0.263 e. The average Bonchev–Trinajstić information content (AvgIpc) is 2.95. The Balaban J connectivity index is 1.63. The third-order valence-electron chi connectivity index (χ3n) is 3.67. The number of hydrogen-bond acceptors (Lipinski definition) is 5. The zero-order chi connectivity index (χ0) is 15.4. The summed E-state index contributed by atoms with van der Waals surface area (Å²) >= 11 is 1.39. The number of aromatic nitrogens is 2. The van der Waals surface area contributed by atoms with Gasteiger partial charge in [0.25, 0.3) is 11.5 Å². The summed E-state index contributed by atoms with van der Waals surface area (Å²) in [5.41, 5.74) is 0.657. The molecule has 1 amide bonds. The van der Waals surface area contributed by atoms with Gasteiger partial charge in [-0.3, -0.25) is 19.8 Å². The van der Waals surface area contributed by atoms with Crippen molar-refractivity contribution in [3.05, 3.63) is 45.3 Å². The minimum absolute atomic E-state index is 0.0929. The van der Waals surface area contributed by atoms with Crippen LogP contribution in [0.1, 0.15) is 35.3 Å². The zero-order valence-electron chi connectivity index (χ0n) is 12.2. The lowest BCUT2D eigenvalue weighted by atomic mass is 10.1. The van der Waals surface area contributed by atoms with Crippen molar-refractivity contribution in [2.75, 3.05) is 18.4 Å². The van der Waals surface area contributed by atoms with E-state index in [1.165, 1.54) is 42.9 Å².